The predicted octanol–water partition coefficient (Wildman–Crippen LogP) is 3.05. The highest BCUT2D eigenvalue weighted by Gasteiger charge is 2.08. The largest absolute Gasteiger partial charge is 0.488 e. The van der Waals surface area contributed by atoms with Gasteiger partial charge in [-0.25, -0.2) is 0 Å². The number of aryl methyl sites for hydroxylation is 1. The van der Waals surface area contributed by atoms with Crippen LogP contribution in [0.5, 0.6) is 5.75 Å². The van der Waals surface area contributed by atoms with Gasteiger partial charge in [0.05, 0.1) is 10.4 Å². The van der Waals surface area contributed by atoms with E-state index >= 15 is 0 Å². The Morgan fingerprint density at radius 3 is 2.94 bits per heavy atom. The van der Waals surface area contributed by atoms with Crippen LogP contribution in [-0.2, 0) is 6.61 Å². The number of nitrogens with two attached hydrogens (primary N) is 1. The summed E-state index contributed by atoms with van der Waals surface area (Å²) in [5, 5.41) is 0. The number of hydrogen-bond donors (Lipinski definition) is 1. The highest BCUT2D eigenvalue weighted by Crippen LogP contribution is 2.26. The SMILES string of the molecule is Cc1ccc(OCc2cncs2)c([C@@H](C)N)c1. The summed E-state index contributed by atoms with van der Waals surface area (Å²) in [4.78, 5) is 5.13. The van der Waals surface area contributed by atoms with Crippen LogP contribution in [0, 0.1) is 6.92 Å². The van der Waals surface area contributed by atoms with E-state index in [0.29, 0.717) is 6.61 Å². The lowest BCUT2D eigenvalue weighted by molar-refractivity contribution is 0.304. The third-order valence-electron chi connectivity index (χ3n) is 2.51. The summed E-state index contributed by atoms with van der Waals surface area (Å²) in [7, 11) is 0. The molecule has 17 heavy (non-hydrogen) atoms. The molecule has 0 aliphatic carbocycles. The zero-order chi connectivity index (χ0) is 12.3. The standard InChI is InChI=1S/C13H16N2OS/c1-9-3-4-13(12(5-9)10(2)14)16-7-11-6-15-8-17-11/h3-6,8,10H,7,14H2,1-2H3/t10-/m1/s1. The lowest BCUT2D eigenvalue weighted by Crippen LogP contribution is -2.08. The second-order valence-corrected chi connectivity index (χ2v) is 5.06. The van der Waals surface area contributed by atoms with E-state index in [9.17, 15) is 0 Å². The fraction of sp³-hybridized carbons (Fsp3) is 0.308. The van der Waals surface area contributed by atoms with Crippen molar-refractivity contribution in [1.82, 2.24) is 4.98 Å². The minimum absolute atomic E-state index is 0.0219. The summed E-state index contributed by atoms with van der Waals surface area (Å²) in [6.07, 6.45) is 1.82. The topological polar surface area (TPSA) is 48.1 Å². The van der Waals surface area contributed by atoms with Crippen LogP contribution < -0.4 is 10.5 Å². The van der Waals surface area contributed by atoms with Crippen LogP contribution >= 0.6 is 11.3 Å². The predicted molar refractivity (Wildman–Crippen MR) is 70.2 cm³/mol. The number of rotatable bonds is 4. The number of ether oxygens (including phenoxy) is 1. The molecule has 1 heterocycles. The molecule has 0 aliphatic rings. The van der Waals surface area contributed by atoms with Crippen LogP contribution in [0.3, 0.4) is 0 Å². The smallest absolute Gasteiger partial charge is 0.124 e. The molecule has 0 saturated heterocycles. The van der Waals surface area contributed by atoms with E-state index < -0.39 is 0 Å². The fourth-order valence-corrected chi connectivity index (χ4v) is 2.12. The Bertz CT molecular complexity index is 480. The van der Waals surface area contributed by atoms with E-state index in [1.807, 2.05) is 25.3 Å². The van der Waals surface area contributed by atoms with Gasteiger partial charge >= 0.3 is 0 Å². The van der Waals surface area contributed by atoms with Gasteiger partial charge in [0.15, 0.2) is 0 Å². The first kappa shape index (κ1) is 12.1. The van der Waals surface area contributed by atoms with Crippen molar-refractivity contribution in [2.24, 2.45) is 5.73 Å². The molecule has 0 saturated carbocycles. The first-order valence-corrected chi connectivity index (χ1v) is 6.41. The van der Waals surface area contributed by atoms with Crippen LogP contribution in [0.4, 0.5) is 0 Å². The van der Waals surface area contributed by atoms with Gasteiger partial charge in [-0.3, -0.25) is 4.98 Å². The molecule has 3 nitrogen and oxygen atoms in total. The third kappa shape index (κ3) is 3.05. The number of benzene rings is 1. The number of thiazole rings is 1. The fourth-order valence-electron chi connectivity index (χ4n) is 1.62. The Kier molecular flexibility index (Phi) is 3.76. The molecule has 0 spiro atoms. The molecule has 90 valence electrons. The molecule has 4 heteroatoms. The van der Waals surface area contributed by atoms with E-state index in [2.05, 4.69) is 18.0 Å². The van der Waals surface area contributed by atoms with Gasteiger partial charge < -0.3 is 10.5 Å². The Morgan fingerprint density at radius 1 is 1.47 bits per heavy atom. The van der Waals surface area contributed by atoms with Gasteiger partial charge in [0.2, 0.25) is 0 Å². The molecule has 0 unspecified atom stereocenters. The van der Waals surface area contributed by atoms with Crippen molar-refractivity contribution in [1.29, 1.82) is 0 Å². The lowest BCUT2D eigenvalue weighted by atomic mass is 10.1. The molecular formula is C13H16N2OS. The second-order valence-electron chi connectivity index (χ2n) is 4.09. The maximum absolute atomic E-state index is 5.94. The van der Waals surface area contributed by atoms with Gasteiger partial charge in [-0.15, -0.1) is 11.3 Å². The normalized spacial score (nSPS) is 12.4. The van der Waals surface area contributed by atoms with Gasteiger partial charge in [-0.05, 0) is 19.9 Å². The minimum atomic E-state index is -0.0219. The van der Waals surface area contributed by atoms with E-state index in [1.165, 1.54) is 5.56 Å². The van der Waals surface area contributed by atoms with Gasteiger partial charge in [-0.2, -0.15) is 0 Å². The molecule has 1 atom stereocenters. The molecule has 1 aromatic carbocycles. The summed E-state index contributed by atoms with van der Waals surface area (Å²) in [6.45, 7) is 4.57. The summed E-state index contributed by atoms with van der Waals surface area (Å²) >= 11 is 1.59. The van der Waals surface area contributed by atoms with Crippen molar-refractivity contribution in [3.63, 3.8) is 0 Å². The third-order valence-corrected chi connectivity index (χ3v) is 3.26. The Hall–Kier alpha value is -1.39. The summed E-state index contributed by atoms with van der Waals surface area (Å²) in [6, 6.07) is 6.07. The van der Waals surface area contributed by atoms with Crippen LogP contribution in [0.25, 0.3) is 0 Å². The minimum Gasteiger partial charge on any atom is -0.488 e. The Morgan fingerprint density at radius 2 is 2.29 bits per heavy atom. The van der Waals surface area contributed by atoms with Crippen LogP contribution in [0.2, 0.25) is 0 Å². The van der Waals surface area contributed by atoms with E-state index in [-0.39, 0.29) is 6.04 Å². The maximum Gasteiger partial charge on any atom is 0.124 e. The van der Waals surface area contributed by atoms with Crippen LogP contribution in [-0.4, -0.2) is 4.98 Å². The molecule has 1 aromatic heterocycles. The van der Waals surface area contributed by atoms with Crippen molar-refractivity contribution in [2.75, 3.05) is 0 Å². The highest BCUT2D eigenvalue weighted by atomic mass is 32.1. The number of nitrogens with zero attached hydrogens (tertiary/aromatic N) is 1. The molecule has 0 aliphatic heterocycles. The molecular weight excluding hydrogens is 232 g/mol. The molecule has 2 rings (SSSR count). The molecule has 0 amide bonds. The van der Waals surface area contributed by atoms with Crippen LogP contribution in [0.15, 0.2) is 29.9 Å². The Balaban J connectivity index is 2.14. The van der Waals surface area contributed by atoms with Crippen LogP contribution in [0.1, 0.15) is 29.0 Å². The monoisotopic (exact) mass is 248 g/mol. The molecule has 2 N–H and O–H groups in total. The van der Waals surface area contributed by atoms with Gasteiger partial charge in [-0.1, -0.05) is 17.7 Å². The maximum atomic E-state index is 5.94. The molecule has 2 aromatic rings. The van der Waals surface area contributed by atoms with E-state index in [0.717, 1.165) is 16.2 Å². The molecule has 0 bridgehead atoms. The highest BCUT2D eigenvalue weighted by molar-refractivity contribution is 7.09. The van der Waals surface area contributed by atoms with Crippen molar-refractivity contribution < 1.29 is 4.74 Å². The summed E-state index contributed by atoms with van der Waals surface area (Å²) in [5.41, 5.74) is 10.00. The first-order valence-electron chi connectivity index (χ1n) is 5.53. The average Bonchev–Trinajstić information content (AvgIpc) is 2.80. The van der Waals surface area contributed by atoms with Crippen molar-refractivity contribution in [2.45, 2.75) is 26.5 Å². The number of hydrogen-bond acceptors (Lipinski definition) is 4. The zero-order valence-corrected chi connectivity index (χ0v) is 10.8. The van der Waals surface area contributed by atoms with Crippen molar-refractivity contribution in [3.8, 4) is 5.75 Å². The summed E-state index contributed by atoms with van der Waals surface area (Å²) < 4.78 is 5.79. The zero-order valence-electron chi connectivity index (χ0n) is 10.0. The molecule has 0 radical (unpaired) electrons. The Labute approximate surface area is 105 Å². The van der Waals surface area contributed by atoms with E-state index in [1.54, 1.807) is 16.8 Å². The quantitative estimate of drug-likeness (QED) is 0.904. The molecule has 0 fully saturated rings. The summed E-state index contributed by atoms with van der Waals surface area (Å²) in [5.74, 6) is 0.860. The lowest BCUT2D eigenvalue weighted by Gasteiger charge is -2.14. The van der Waals surface area contributed by atoms with Gasteiger partial charge in [0.1, 0.15) is 12.4 Å². The van der Waals surface area contributed by atoms with E-state index in [4.69, 9.17) is 10.5 Å². The van der Waals surface area contributed by atoms with Crippen molar-refractivity contribution >= 4 is 11.3 Å². The number of aromatic nitrogens is 1. The first-order chi connectivity index (χ1) is 8.16. The second kappa shape index (κ2) is 5.29. The average molecular weight is 248 g/mol. The van der Waals surface area contributed by atoms with Crippen molar-refractivity contribution in [3.05, 3.63) is 45.9 Å². The van der Waals surface area contributed by atoms with Gasteiger partial charge in [0, 0.05) is 17.8 Å². The van der Waals surface area contributed by atoms with Gasteiger partial charge in [0.25, 0.3) is 0 Å².